The zero-order chi connectivity index (χ0) is 16.5. The second-order valence-electron chi connectivity index (χ2n) is 4.77. The third-order valence-electron chi connectivity index (χ3n) is 3.24. The van der Waals surface area contributed by atoms with Crippen LogP contribution in [0.3, 0.4) is 0 Å². The number of nitrogens with two attached hydrogens (primary N) is 1. The molecule has 3 N–H and O–H groups in total. The van der Waals surface area contributed by atoms with E-state index in [9.17, 15) is 4.79 Å². The van der Waals surface area contributed by atoms with Gasteiger partial charge in [-0.1, -0.05) is 6.92 Å². The molecule has 1 aromatic rings. The van der Waals surface area contributed by atoms with Crippen molar-refractivity contribution in [3.8, 4) is 11.5 Å². The zero-order valence-corrected chi connectivity index (χ0v) is 13.6. The van der Waals surface area contributed by atoms with Crippen molar-refractivity contribution in [1.82, 2.24) is 5.06 Å². The summed E-state index contributed by atoms with van der Waals surface area (Å²) in [7, 11) is 4.52. The molecule has 0 aliphatic carbocycles. The van der Waals surface area contributed by atoms with Crippen molar-refractivity contribution in [2.45, 2.75) is 19.4 Å². The number of methoxy groups -OCH3 is 1. The van der Waals surface area contributed by atoms with Crippen LogP contribution in [0.1, 0.15) is 13.3 Å². The number of nitrogens with one attached hydrogen (secondary N) is 1. The third-order valence-corrected chi connectivity index (χ3v) is 3.24. The Bertz CT molecular complexity index is 482. The van der Waals surface area contributed by atoms with E-state index in [0.717, 1.165) is 17.2 Å². The molecular formula is C15H25N3O4. The quantitative estimate of drug-likeness (QED) is 0.667. The van der Waals surface area contributed by atoms with Crippen LogP contribution < -0.4 is 20.5 Å². The van der Waals surface area contributed by atoms with Gasteiger partial charge in [-0.2, -0.15) is 0 Å². The molecule has 124 valence electrons. The lowest BCUT2D eigenvalue weighted by Crippen LogP contribution is -2.30. The summed E-state index contributed by atoms with van der Waals surface area (Å²) in [6, 6.07) is 5.41. The lowest BCUT2D eigenvalue weighted by atomic mass is 10.2. The first-order valence-electron chi connectivity index (χ1n) is 7.12. The lowest BCUT2D eigenvalue weighted by molar-refractivity contribution is -0.170. The van der Waals surface area contributed by atoms with Gasteiger partial charge in [-0.3, -0.25) is 9.63 Å². The summed E-state index contributed by atoms with van der Waals surface area (Å²) in [5.74, 6) is 0.894. The molecule has 7 nitrogen and oxygen atoms in total. The molecule has 0 aliphatic heterocycles. The first-order chi connectivity index (χ1) is 10.5. The topological polar surface area (TPSA) is 86.0 Å². The maximum atomic E-state index is 11.6. The Morgan fingerprint density at radius 2 is 2.14 bits per heavy atom. The van der Waals surface area contributed by atoms with E-state index in [1.165, 1.54) is 14.2 Å². The molecular weight excluding hydrogens is 286 g/mol. The number of amides is 1. The Labute approximate surface area is 131 Å². The van der Waals surface area contributed by atoms with Crippen LogP contribution in [0.15, 0.2) is 18.2 Å². The number of hydrogen-bond acceptors (Lipinski definition) is 6. The van der Waals surface area contributed by atoms with Gasteiger partial charge in [0.05, 0.1) is 19.9 Å². The summed E-state index contributed by atoms with van der Waals surface area (Å²) in [6.07, 6.45) is 0.894. The average Bonchev–Trinajstić information content (AvgIpc) is 2.56. The minimum absolute atomic E-state index is 0.0860. The standard InChI is InChI=1S/C15H25N3O4/c1-5-11(16)9-17-13-7-6-12(8-14(13)20-3)22-10-15(19)18(2)21-4/h6-8,11,17H,5,9-10,16H2,1-4H3/t11-/m0/s1. The fraction of sp³-hybridized carbons (Fsp3) is 0.533. The van der Waals surface area contributed by atoms with Crippen molar-refractivity contribution >= 4 is 11.6 Å². The van der Waals surface area contributed by atoms with Gasteiger partial charge in [0.1, 0.15) is 11.5 Å². The van der Waals surface area contributed by atoms with Crippen LogP contribution in [0.25, 0.3) is 0 Å². The van der Waals surface area contributed by atoms with Crippen LogP contribution in [-0.2, 0) is 9.63 Å². The fourth-order valence-electron chi connectivity index (χ4n) is 1.63. The normalized spacial score (nSPS) is 11.7. The Kier molecular flexibility index (Phi) is 7.48. The molecule has 0 unspecified atom stereocenters. The monoisotopic (exact) mass is 311 g/mol. The Hall–Kier alpha value is -1.99. The van der Waals surface area contributed by atoms with Gasteiger partial charge in [0.25, 0.3) is 5.91 Å². The van der Waals surface area contributed by atoms with Crippen LogP contribution in [0, 0.1) is 0 Å². The number of benzene rings is 1. The number of likely N-dealkylation sites (N-methyl/N-ethyl adjacent to an activating group) is 1. The molecule has 0 radical (unpaired) electrons. The summed E-state index contributed by atoms with van der Waals surface area (Å²) in [5, 5.41) is 4.34. The Morgan fingerprint density at radius 3 is 2.73 bits per heavy atom. The van der Waals surface area contributed by atoms with E-state index in [1.54, 1.807) is 19.2 Å². The van der Waals surface area contributed by atoms with Gasteiger partial charge < -0.3 is 20.5 Å². The molecule has 22 heavy (non-hydrogen) atoms. The molecule has 1 aromatic carbocycles. The molecule has 1 rings (SSSR count). The highest BCUT2D eigenvalue weighted by molar-refractivity contribution is 5.76. The summed E-state index contributed by atoms with van der Waals surface area (Å²) in [4.78, 5) is 16.4. The molecule has 0 saturated carbocycles. The fourth-order valence-corrected chi connectivity index (χ4v) is 1.63. The van der Waals surface area contributed by atoms with Crippen molar-refractivity contribution in [3.63, 3.8) is 0 Å². The summed E-state index contributed by atoms with van der Waals surface area (Å²) < 4.78 is 10.8. The number of hydrogen-bond donors (Lipinski definition) is 2. The maximum Gasteiger partial charge on any atom is 0.283 e. The molecule has 0 aliphatic rings. The highest BCUT2D eigenvalue weighted by Gasteiger charge is 2.11. The number of nitrogens with zero attached hydrogens (tertiary/aromatic N) is 1. The molecule has 0 aromatic heterocycles. The van der Waals surface area contributed by atoms with Crippen LogP contribution in [0.5, 0.6) is 11.5 Å². The first kappa shape index (κ1) is 18.1. The first-order valence-corrected chi connectivity index (χ1v) is 7.12. The highest BCUT2D eigenvalue weighted by atomic mass is 16.7. The van der Waals surface area contributed by atoms with Crippen LogP contribution in [-0.4, -0.2) is 51.4 Å². The molecule has 7 heteroatoms. The largest absolute Gasteiger partial charge is 0.494 e. The van der Waals surface area contributed by atoms with Gasteiger partial charge in [0.2, 0.25) is 0 Å². The Morgan fingerprint density at radius 1 is 1.41 bits per heavy atom. The predicted molar refractivity (Wildman–Crippen MR) is 85.0 cm³/mol. The second-order valence-corrected chi connectivity index (χ2v) is 4.77. The molecule has 0 saturated heterocycles. The second kappa shape index (κ2) is 9.11. The molecule has 1 atom stereocenters. The van der Waals surface area contributed by atoms with E-state index < -0.39 is 0 Å². The minimum Gasteiger partial charge on any atom is -0.494 e. The predicted octanol–water partition coefficient (Wildman–Crippen LogP) is 1.24. The van der Waals surface area contributed by atoms with Crippen molar-refractivity contribution in [2.75, 3.05) is 39.7 Å². The summed E-state index contributed by atoms with van der Waals surface area (Å²) in [6.45, 7) is 2.58. The van der Waals surface area contributed by atoms with E-state index in [2.05, 4.69) is 5.32 Å². The van der Waals surface area contributed by atoms with Crippen molar-refractivity contribution in [3.05, 3.63) is 18.2 Å². The highest BCUT2D eigenvalue weighted by Crippen LogP contribution is 2.29. The van der Waals surface area contributed by atoms with Gasteiger partial charge in [0, 0.05) is 25.7 Å². The lowest BCUT2D eigenvalue weighted by Gasteiger charge is -2.16. The number of ether oxygens (including phenoxy) is 2. The minimum atomic E-state index is -0.280. The molecule has 0 spiro atoms. The number of anilines is 1. The van der Waals surface area contributed by atoms with Crippen molar-refractivity contribution in [2.24, 2.45) is 5.73 Å². The van der Waals surface area contributed by atoms with Gasteiger partial charge in [-0.15, -0.1) is 0 Å². The third kappa shape index (κ3) is 5.42. The number of hydroxylamine groups is 2. The molecule has 0 heterocycles. The number of rotatable bonds is 9. The van der Waals surface area contributed by atoms with E-state index in [-0.39, 0.29) is 18.6 Å². The van der Waals surface area contributed by atoms with Crippen LogP contribution >= 0.6 is 0 Å². The Balaban J connectivity index is 2.65. The molecule has 0 fully saturated rings. The van der Waals surface area contributed by atoms with Gasteiger partial charge in [-0.25, -0.2) is 5.06 Å². The molecule has 0 bridgehead atoms. The van der Waals surface area contributed by atoms with Gasteiger partial charge in [-0.05, 0) is 18.6 Å². The van der Waals surface area contributed by atoms with E-state index in [1.807, 2.05) is 13.0 Å². The summed E-state index contributed by atoms with van der Waals surface area (Å²) in [5.41, 5.74) is 6.72. The smallest absolute Gasteiger partial charge is 0.283 e. The van der Waals surface area contributed by atoms with Crippen LogP contribution in [0.4, 0.5) is 5.69 Å². The van der Waals surface area contributed by atoms with E-state index in [4.69, 9.17) is 20.0 Å². The number of carbonyl (C=O) groups is 1. The zero-order valence-electron chi connectivity index (χ0n) is 13.6. The average molecular weight is 311 g/mol. The SMILES string of the molecule is CC[C@H](N)CNc1ccc(OCC(=O)N(C)OC)cc1OC. The van der Waals surface area contributed by atoms with Gasteiger partial charge in [0.15, 0.2) is 6.61 Å². The van der Waals surface area contributed by atoms with E-state index >= 15 is 0 Å². The van der Waals surface area contributed by atoms with E-state index in [0.29, 0.717) is 18.0 Å². The van der Waals surface area contributed by atoms with Gasteiger partial charge >= 0.3 is 0 Å². The van der Waals surface area contributed by atoms with Crippen molar-refractivity contribution < 1.29 is 19.1 Å². The maximum absolute atomic E-state index is 11.6. The molecule has 1 amide bonds. The van der Waals surface area contributed by atoms with Crippen LogP contribution in [0.2, 0.25) is 0 Å². The van der Waals surface area contributed by atoms with Crippen molar-refractivity contribution in [1.29, 1.82) is 0 Å². The summed E-state index contributed by atoms with van der Waals surface area (Å²) >= 11 is 0. The number of carbonyl (C=O) groups excluding carboxylic acids is 1.